The minimum Gasteiger partial charge on any atom is -0.495 e. The van der Waals surface area contributed by atoms with E-state index in [1.54, 1.807) is 18.2 Å². The van der Waals surface area contributed by atoms with E-state index in [-0.39, 0.29) is 33.1 Å². The highest BCUT2D eigenvalue weighted by Gasteiger charge is 2.20. The molecule has 2 aromatic carbocycles. The Labute approximate surface area is 158 Å². The van der Waals surface area contributed by atoms with E-state index in [0.29, 0.717) is 5.75 Å². The summed E-state index contributed by atoms with van der Waals surface area (Å²) in [7, 11) is -2.48. The molecule has 1 amide bonds. The molecule has 2 N–H and O–H groups in total. The van der Waals surface area contributed by atoms with Crippen LogP contribution in [0.4, 0.5) is 5.69 Å². The molecule has 0 aliphatic heterocycles. The maximum absolute atomic E-state index is 12.7. The summed E-state index contributed by atoms with van der Waals surface area (Å²) < 4.78 is 32.8. The van der Waals surface area contributed by atoms with Crippen LogP contribution in [0.15, 0.2) is 47.4 Å². The highest BCUT2D eigenvalue weighted by molar-refractivity contribution is 7.92. The van der Waals surface area contributed by atoms with Gasteiger partial charge in [0, 0.05) is 6.04 Å². The zero-order chi connectivity index (χ0) is 19.3. The monoisotopic (exact) mass is 396 g/mol. The molecule has 2 rings (SSSR count). The minimum atomic E-state index is -3.92. The van der Waals surface area contributed by atoms with Crippen molar-refractivity contribution < 1.29 is 17.9 Å². The molecule has 0 heterocycles. The van der Waals surface area contributed by atoms with E-state index in [1.807, 2.05) is 13.8 Å². The van der Waals surface area contributed by atoms with Gasteiger partial charge >= 0.3 is 0 Å². The van der Waals surface area contributed by atoms with Crippen molar-refractivity contribution in [3.63, 3.8) is 0 Å². The summed E-state index contributed by atoms with van der Waals surface area (Å²) in [5, 5.41) is 3.00. The lowest BCUT2D eigenvalue weighted by molar-refractivity contribution is 0.0940. The predicted octanol–water partition coefficient (Wildman–Crippen LogP) is 3.68. The average molecular weight is 397 g/mol. The number of rotatable bonds is 7. The second kappa shape index (κ2) is 8.42. The van der Waals surface area contributed by atoms with Gasteiger partial charge in [-0.1, -0.05) is 30.7 Å². The average Bonchev–Trinajstić information content (AvgIpc) is 2.61. The number of carbonyl (C=O) groups excluding carboxylic acids is 1. The number of sulfonamides is 1. The predicted molar refractivity (Wildman–Crippen MR) is 102 cm³/mol. The van der Waals surface area contributed by atoms with Crippen LogP contribution in [0, 0.1) is 0 Å². The molecule has 0 saturated heterocycles. The van der Waals surface area contributed by atoms with E-state index >= 15 is 0 Å². The fourth-order valence-corrected chi connectivity index (χ4v) is 3.62. The van der Waals surface area contributed by atoms with Gasteiger partial charge in [-0.05, 0) is 43.7 Å². The quantitative estimate of drug-likeness (QED) is 0.747. The van der Waals surface area contributed by atoms with Gasteiger partial charge in [0.05, 0.1) is 28.3 Å². The van der Waals surface area contributed by atoms with Crippen molar-refractivity contribution >= 4 is 33.2 Å². The zero-order valence-electron chi connectivity index (χ0n) is 14.7. The maximum Gasteiger partial charge on any atom is 0.261 e. The molecule has 6 nitrogen and oxygen atoms in total. The van der Waals surface area contributed by atoms with Crippen molar-refractivity contribution in [3.05, 3.63) is 53.1 Å². The summed E-state index contributed by atoms with van der Waals surface area (Å²) in [5.41, 5.74) is 0.441. The van der Waals surface area contributed by atoms with Crippen LogP contribution in [0.25, 0.3) is 0 Å². The SMILES string of the molecule is CCC(C)NC(=O)c1ccccc1NS(=O)(=O)c1ccc(OC)c(Cl)c1. The van der Waals surface area contributed by atoms with Crippen molar-refractivity contribution in [2.24, 2.45) is 0 Å². The molecule has 0 aliphatic carbocycles. The molecule has 0 fully saturated rings. The number of hydrogen-bond acceptors (Lipinski definition) is 4. The Hall–Kier alpha value is -2.25. The Bertz CT molecular complexity index is 900. The van der Waals surface area contributed by atoms with E-state index in [2.05, 4.69) is 10.0 Å². The third-order valence-electron chi connectivity index (χ3n) is 3.84. The first-order valence-corrected chi connectivity index (χ1v) is 9.90. The second-order valence-electron chi connectivity index (χ2n) is 5.73. The molecule has 0 radical (unpaired) electrons. The lowest BCUT2D eigenvalue weighted by Crippen LogP contribution is -2.32. The van der Waals surface area contributed by atoms with Crippen LogP contribution in [0.1, 0.15) is 30.6 Å². The van der Waals surface area contributed by atoms with Gasteiger partial charge in [-0.25, -0.2) is 8.42 Å². The first kappa shape index (κ1) is 20.1. The molecule has 26 heavy (non-hydrogen) atoms. The number of amides is 1. The Kier molecular flexibility index (Phi) is 6.50. The van der Waals surface area contributed by atoms with Gasteiger partial charge in [-0.3, -0.25) is 9.52 Å². The summed E-state index contributed by atoms with van der Waals surface area (Å²) in [6.45, 7) is 3.83. The molecule has 0 saturated carbocycles. The summed E-state index contributed by atoms with van der Waals surface area (Å²) in [4.78, 5) is 12.4. The minimum absolute atomic E-state index is 0.0208. The molecule has 2 aromatic rings. The van der Waals surface area contributed by atoms with Crippen LogP contribution in [-0.2, 0) is 10.0 Å². The van der Waals surface area contributed by atoms with Gasteiger partial charge in [-0.2, -0.15) is 0 Å². The van der Waals surface area contributed by atoms with Crippen LogP contribution >= 0.6 is 11.6 Å². The largest absolute Gasteiger partial charge is 0.495 e. The Morgan fingerprint density at radius 2 is 1.92 bits per heavy atom. The van der Waals surface area contributed by atoms with Crippen LogP contribution < -0.4 is 14.8 Å². The number of methoxy groups -OCH3 is 1. The summed E-state index contributed by atoms with van der Waals surface area (Å²) in [6, 6.07) is 10.6. The van der Waals surface area contributed by atoms with Crippen molar-refractivity contribution in [1.29, 1.82) is 0 Å². The summed E-state index contributed by atoms with van der Waals surface area (Å²) >= 11 is 6.01. The number of anilines is 1. The number of hydrogen-bond donors (Lipinski definition) is 2. The number of benzene rings is 2. The molecule has 1 unspecified atom stereocenters. The van der Waals surface area contributed by atoms with Crippen LogP contribution in [0.3, 0.4) is 0 Å². The Morgan fingerprint density at radius 3 is 2.54 bits per heavy atom. The van der Waals surface area contributed by atoms with Gasteiger partial charge in [0.2, 0.25) is 0 Å². The maximum atomic E-state index is 12.7. The standard InChI is InChI=1S/C18H21ClN2O4S/c1-4-12(2)20-18(22)14-7-5-6-8-16(14)21-26(23,24)13-9-10-17(25-3)15(19)11-13/h5-12,21H,4H2,1-3H3,(H,20,22). The van der Waals surface area contributed by atoms with Gasteiger partial charge in [0.1, 0.15) is 5.75 Å². The molecule has 0 spiro atoms. The van der Waals surface area contributed by atoms with E-state index < -0.39 is 10.0 Å². The molecular weight excluding hydrogens is 376 g/mol. The molecule has 0 bridgehead atoms. The number of halogens is 1. The molecular formula is C18H21ClN2O4S. The third-order valence-corrected chi connectivity index (χ3v) is 5.50. The third kappa shape index (κ3) is 4.68. The normalized spacial score (nSPS) is 12.3. The van der Waals surface area contributed by atoms with Crippen LogP contribution in [0.5, 0.6) is 5.75 Å². The second-order valence-corrected chi connectivity index (χ2v) is 7.82. The topological polar surface area (TPSA) is 84.5 Å². The van der Waals surface area contributed by atoms with Crippen molar-refractivity contribution in [3.8, 4) is 5.75 Å². The smallest absolute Gasteiger partial charge is 0.261 e. The number of nitrogens with one attached hydrogen (secondary N) is 2. The molecule has 140 valence electrons. The highest BCUT2D eigenvalue weighted by Crippen LogP contribution is 2.28. The fraction of sp³-hybridized carbons (Fsp3) is 0.278. The van der Waals surface area contributed by atoms with Crippen molar-refractivity contribution in [2.45, 2.75) is 31.2 Å². The first-order chi connectivity index (χ1) is 12.3. The number of ether oxygens (including phenoxy) is 1. The molecule has 0 aromatic heterocycles. The van der Waals surface area contributed by atoms with Crippen LogP contribution in [0.2, 0.25) is 5.02 Å². The first-order valence-electron chi connectivity index (χ1n) is 8.04. The van der Waals surface area contributed by atoms with Gasteiger partial charge in [-0.15, -0.1) is 0 Å². The van der Waals surface area contributed by atoms with Crippen molar-refractivity contribution in [2.75, 3.05) is 11.8 Å². The fourth-order valence-electron chi connectivity index (χ4n) is 2.19. The van der Waals surface area contributed by atoms with E-state index in [1.165, 1.54) is 31.4 Å². The summed E-state index contributed by atoms with van der Waals surface area (Å²) in [5.74, 6) is 0.0318. The molecule has 1 atom stereocenters. The van der Waals surface area contributed by atoms with E-state index in [9.17, 15) is 13.2 Å². The lowest BCUT2D eigenvalue weighted by atomic mass is 10.1. The highest BCUT2D eigenvalue weighted by atomic mass is 35.5. The lowest BCUT2D eigenvalue weighted by Gasteiger charge is -2.15. The van der Waals surface area contributed by atoms with Gasteiger partial charge in [0.25, 0.3) is 15.9 Å². The number of para-hydroxylation sites is 1. The Morgan fingerprint density at radius 1 is 1.23 bits per heavy atom. The van der Waals surface area contributed by atoms with Crippen LogP contribution in [-0.4, -0.2) is 27.5 Å². The van der Waals surface area contributed by atoms with Gasteiger partial charge in [0.15, 0.2) is 0 Å². The van der Waals surface area contributed by atoms with Crippen molar-refractivity contribution in [1.82, 2.24) is 5.32 Å². The molecule has 0 aliphatic rings. The van der Waals surface area contributed by atoms with Gasteiger partial charge < -0.3 is 10.1 Å². The molecule has 8 heteroatoms. The zero-order valence-corrected chi connectivity index (χ0v) is 16.3. The van der Waals surface area contributed by atoms with E-state index in [0.717, 1.165) is 6.42 Å². The summed E-state index contributed by atoms with van der Waals surface area (Å²) in [6.07, 6.45) is 0.768. The Balaban J connectivity index is 2.33. The van der Waals surface area contributed by atoms with E-state index in [4.69, 9.17) is 16.3 Å². The number of carbonyl (C=O) groups is 1.